The predicted octanol–water partition coefficient (Wildman–Crippen LogP) is 2.14. The van der Waals surface area contributed by atoms with Crippen molar-refractivity contribution in [1.29, 1.82) is 0 Å². The lowest BCUT2D eigenvalue weighted by Crippen LogP contribution is -2.07. The zero-order chi connectivity index (χ0) is 11.0. The van der Waals surface area contributed by atoms with E-state index < -0.39 is 0 Å². The van der Waals surface area contributed by atoms with Gasteiger partial charge >= 0.3 is 0 Å². The molecule has 2 rings (SSSR count). The van der Waals surface area contributed by atoms with Crippen molar-refractivity contribution in [2.45, 2.75) is 20.8 Å². The molecule has 1 aromatic heterocycles. The maximum atomic E-state index is 11.0. The molecule has 0 spiro atoms. The zero-order valence-corrected chi connectivity index (χ0v) is 9.01. The number of benzene rings is 1. The molecule has 4 heteroatoms. The Bertz CT molecular complexity index is 528. The van der Waals surface area contributed by atoms with Crippen LogP contribution in [0.5, 0.6) is 0 Å². The van der Waals surface area contributed by atoms with Crippen LogP contribution in [0.15, 0.2) is 12.1 Å². The van der Waals surface area contributed by atoms with Gasteiger partial charge in [-0.25, -0.2) is 4.98 Å². The predicted molar refractivity (Wildman–Crippen MR) is 59.9 cm³/mol. The Balaban J connectivity index is 2.58. The fourth-order valence-electron chi connectivity index (χ4n) is 1.66. The van der Waals surface area contributed by atoms with Crippen molar-refractivity contribution in [1.82, 2.24) is 9.97 Å². The monoisotopic (exact) mass is 203 g/mol. The molecule has 0 saturated carbocycles. The van der Waals surface area contributed by atoms with Crippen molar-refractivity contribution < 1.29 is 4.79 Å². The first-order chi connectivity index (χ1) is 7.08. The van der Waals surface area contributed by atoms with Crippen molar-refractivity contribution in [3.8, 4) is 0 Å². The number of nitrogens with zero attached hydrogens (tertiary/aromatic N) is 1. The summed E-state index contributed by atoms with van der Waals surface area (Å²) in [4.78, 5) is 18.5. The van der Waals surface area contributed by atoms with Crippen LogP contribution in [0.3, 0.4) is 0 Å². The molecule has 15 heavy (non-hydrogen) atoms. The number of aromatic nitrogens is 2. The topological polar surface area (TPSA) is 57.8 Å². The molecule has 2 aromatic rings. The Morgan fingerprint density at radius 3 is 2.80 bits per heavy atom. The van der Waals surface area contributed by atoms with Gasteiger partial charge in [0, 0.05) is 18.2 Å². The minimum absolute atomic E-state index is 0.0651. The molecule has 1 heterocycles. The second-order valence-corrected chi connectivity index (χ2v) is 3.64. The van der Waals surface area contributed by atoms with Gasteiger partial charge in [-0.05, 0) is 26.0 Å². The summed E-state index contributed by atoms with van der Waals surface area (Å²) in [5, 5.41) is 2.78. The molecule has 1 aromatic carbocycles. The first kappa shape index (κ1) is 9.71. The SMILES string of the molecule is CC(=O)Nc1ccc2[nH]c(C)nc2c1C. The van der Waals surface area contributed by atoms with E-state index in [9.17, 15) is 4.79 Å². The summed E-state index contributed by atoms with van der Waals surface area (Å²) >= 11 is 0. The highest BCUT2D eigenvalue weighted by Gasteiger charge is 2.07. The van der Waals surface area contributed by atoms with Crippen LogP contribution in [0.4, 0.5) is 5.69 Å². The Labute approximate surface area is 87.7 Å². The molecule has 0 fully saturated rings. The summed E-state index contributed by atoms with van der Waals surface area (Å²) in [7, 11) is 0. The van der Waals surface area contributed by atoms with Gasteiger partial charge in [0.2, 0.25) is 5.91 Å². The number of fused-ring (bicyclic) bond motifs is 1. The summed E-state index contributed by atoms with van der Waals surface area (Å²) in [6, 6.07) is 3.81. The van der Waals surface area contributed by atoms with Crippen molar-refractivity contribution in [2.24, 2.45) is 0 Å². The van der Waals surface area contributed by atoms with Crippen molar-refractivity contribution in [3.05, 3.63) is 23.5 Å². The van der Waals surface area contributed by atoms with Crippen LogP contribution in [-0.2, 0) is 4.79 Å². The zero-order valence-electron chi connectivity index (χ0n) is 9.01. The summed E-state index contributed by atoms with van der Waals surface area (Å²) in [5.74, 6) is 0.817. The number of anilines is 1. The number of carbonyl (C=O) groups excluding carboxylic acids is 1. The molecule has 0 radical (unpaired) electrons. The number of hydrogen-bond donors (Lipinski definition) is 2. The van der Waals surface area contributed by atoms with E-state index in [1.807, 2.05) is 26.0 Å². The molecule has 0 saturated heterocycles. The fraction of sp³-hybridized carbons (Fsp3) is 0.273. The smallest absolute Gasteiger partial charge is 0.221 e. The summed E-state index contributed by atoms with van der Waals surface area (Å²) in [6.07, 6.45) is 0. The van der Waals surface area contributed by atoms with Crippen molar-refractivity contribution in [2.75, 3.05) is 5.32 Å². The highest BCUT2D eigenvalue weighted by Crippen LogP contribution is 2.23. The quantitative estimate of drug-likeness (QED) is 0.746. The number of hydrogen-bond acceptors (Lipinski definition) is 2. The van der Waals surface area contributed by atoms with Gasteiger partial charge in [-0.3, -0.25) is 4.79 Å². The second-order valence-electron chi connectivity index (χ2n) is 3.64. The number of aromatic amines is 1. The molecular weight excluding hydrogens is 190 g/mol. The number of imidazole rings is 1. The van der Waals surface area contributed by atoms with Crippen molar-refractivity contribution in [3.63, 3.8) is 0 Å². The fourth-order valence-corrected chi connectivity index (χ4v) is 1.66. The molecule has 0 aliphatic carbocycles. The molecule has 1 amide bonds. The lowest BCUT2D eigenvalue weighted by atomic mass is 10.1. The van der Waals surface area contributed by atoms with Gasteiger partial charge in [0.15, 0.2) is 0 Å². The summed E-state index contributed by atoms with van der Waals surface area (Å²) in [6.45, 7) is 5.37. The van der Waals surface area contributed by atoms with Gasteiger partial charge in [-0.1, -0.05) is 0 Å². The van der Waals surface area contributed by atoms with Gasteiger partial charge in [-0.2, -0.15) is 0 Å². The van der Waals surface area contributed by atoms with Gasteiger partial charge in [0.25, 0.3) is 0 Å². The third-order valence-corrected chi connectivity index (χ3v) is 2.34. The lowest BCUT2D eigenvalue weighted by Gasteiger charge is -2.05. The molecule has 4 nitrogen and oxygen atoms in total. The molecule has 0 unspecified atom stereocenters. The maximum absolute atomic E-state index is 11.0. The van der Waals surface area contributed by atoms with E-state index in [0.717, 1.165) is 28.1 Å². The third-order valence-electron chi connectivity index (χ3n) is 2.34. The number of aryl methyl sites for hydroxylation is 2. The van der Waals surface area contributed by atoms with E-state index in [2.05, 4.69) is 15.3 Å². The van der Waals surface area contributed by atoms with Gasteiger partial charge in [-0.15, -0.1) is 0 Å². The average molecular weight is 203 g/mol. The molecule has 0 bridgehead atoms. The van der Waals surface area contributed by atoms with Crippen LogP contribution in [0, 0.1) is 13.8 Å². The molecule has 0 atom stereocenters. The maximum Gasteiger partial charge on any atom is 0.221 e. The lowest BCUT2D eigenvalue weighted by molar-refractivity contribution is -0.114. The Kier molecular flexibility index (Phi) is 2.19. The molecular formula is C11H13N3O. The van der Waals surface area contributed by atoms with E-state index in [1.165, 1.54) is 6.92 Å². The van der Waals surface area contributed by atoms with Crippen LogP contribution < -0.4 is 5.32 Å². The van der Waals surface area contributed by atoms with Crippen LogP contribution in [0.2, 0.25) is 0 Å². The van der Waals surface area contributed by atoms with Gasteiger partial charge < -0.3 is 10.3 Å². The molecule has 0 aliphatic rings. The standard InChI is InChI=1S/C11H13N3O/c1-6-9(14-8(3)15)4-5-10-11(6)13-7(2)12-10/h4-5H,1-3H3,(H,12,13)(H,14,15). The highest BCUT2D eigenvalue weighted by atomic mass is 16.1. The third kappa shape index (κ3) is 1.70. The summed E-state index contributed by atoms with van der Waals surface area (Å²) < 4.78 is 0. The van der Waals surface area contributed by atoms with E-state index in [-0.39, 0.29) is 5.91 Å². The first-order valence-corrected chi connectivity index (χ1v) is 4.81. The average Bonchev–Trinajstić information content (AvgIpc) is 2.51. The Morgan fingerprint density at radius 2 is 2.13 bits per heavy atom. The van der Waals surface area contributed by atoms with E-state index >= 15 is 0 Å². The first-order valence-electron chi connectivity index (χ1n) is 4.81. The van der Waals surface area contributed by atoms with Crippen LogP contribution in [-0.4, -0.2) is 15.9 Å². The van der Waals surface area contributed by atoms with Crippen LogP contribution in [0.25, 0.3) is 11.0 Å². The minimum atomic E-state index is -0.0651. The van der Waals surface area contributed by atoms with E-state index in [1.54, 1.807) is 0 Å². The van der Waals surface area contributed by atoms with Gasteiger partial charge in [0.05, 0.1) is 11.0 Å². The highest BCUT2D eigenvalue weighted by molar-refractivity contribution is 5.93. The van der Waals surface area contributed by atoms with E-state index in [0.29, 0.717) is 0 Å². The number of amides is 1. The summed E-state index contributed by atoms with van der Waals surface area (Å²) in [5.41, 5.74) is 3.73. The normalized spacial score (nSPS) is 10.6. The molecule has 2 N–H and O–H groups in total. The van der Waals surface area contributed by atoms with Crippen LogP contribution in [0.1, 0.15) is 18.3 Å². The number of nitrogens with one attached hydrogen (secondary N) is 2. The Morgan fingerprint density at radius 1 is 1.40 bits per heavy atom. The largest absolute Gasteiger partial charge is 0.342 e. The van der Waals surface area contributed by atoms with E-state index in [4.69, 9.17) is 0 Å². The second kappa shape index (κ2) is 3.38. The molecule has 0 aliphatic heterocycles. The minimum Gasteiger partial charge on any atom is -0.342 e. The number of rotatable bonds is 1. The Hall–Kier alpha value is -1.84. The van der Waals surface area contributed by atoms with Crippen LogP contribution >= 0.6 is 0 Å². The number of carbonyl (C=O) groups is 1. The van der Waals surface area contributed by atoms with Gasteiger partial charge in [0.1, 0.15) is 5.82 Å². The van der Waals surface area contributed by atoms with Crippen molar-refractivity contribution >= 4 is 22.6 Å². The number of H-pyrrole nitrogens is 1. The molecule has 78 valence electrons.